The number of aromatic nitrogens is 3. The second-order valence-corrected chi connectivity index (χ2v) is 6.95. The maximum atomic E-state index is 12.2. The molecule has 1 heterocycles. The lowest BCUT2D eigenvalue weighted by Crippen LogP contribution is -2.48. The van der Waals surface area contributed by atoms with E-state index in [4.69, 9.17) is 5.11 Å². The number of hydrogen-bond donors (Lipinski definition) is 2. The van der Waals surface area contributed by atoms with Crippen molar-refractivity contribution in [3.63, 3.8) is 0 Å². The fraction of sp³-hybridized carbons (Fsp3) is 0.714. The van der Waals surface area contributed by atoms with Gasteiger partial charge < -0.3 is 15.0 Å². The Morgan fingerprint density at radius 2 is 2.14 bits per heavy atom. The van der Waals surface area contributed by atoms with Crippen molar-refractivity contribution in [2.75, 3.05) is 5.75 Å². The summed E-state index contributed by atoms with van der Waals surface area (Å²) in [6.45, 7) is 4.04. The highest BCUT2D eigenvalue weighted by Crippen LogP contribution is 2.32. The Morgan fingerprint density at radius 3 is 2.73 bits per heavy atom. The molecule has 1 fully saturated rings. The Bertz CT molecular complexity index is 538. The number of carboxylic acid groups (broad SMARTS) is 1. The average molecular weight is 326 g/mol. The zero-order valence-corrected chi connectivity index (χ0v) is 13.7. The first-order chi connectivity index (χ1) is 10.4. The summed E-state index contributed by atoms with van der Waals surface area (Å²) in [7, 11) is 0. The number of carboxylic acids is 1. The van der Waals surface area contributed by atoms with Crippen LogP contribution in [0.2, 0.25) is 0 Å². The molecule has 0 radical (unpaired) electrons. The maximum absolute atomic E-state index is 12.2. The van der Waals surface area contributed by atoms with Crippen molar-refractivity contribution in [3.05, 3.63) is 6.33 Å². The molecule has 1 amide bonds. The molecule has 0 aromatic carbocycles. The Balaban J connectivity index is 1.91. The van der Waals surface area contributed by atoms with Gasteiger partial charge in [-0.15, -0.1) is 10.2 Å². The molecule has 2 N–H and O–H groups in total. The van der Waals surface area contributed by atoms with E-state index in [0.717, 1.165) is 25.7 Å². The predicted molar refractivity (Wildman–Crippen MR) is 82.7 cm³/mol. The molecular weight excluding hydrogens is 304 g/mol. The number of carbonyl (C=O) groups excluding carboxylic acids is 1. The summed E-state index contributed by atoms with van der Waals surface area (Å²) in [5.41, 5.74) is -0.574. The quantitative estimate of drug-likeness (QED) is 0.742. The Kier molecular flexibility index (Phi) is 5.44. The van der Waals surface area contributed by atoms with Crippen molar-refractivity contribution >= 4 is 23.6 Å². The molecule has 0 atom stereocenters. The highest BCUT2D eigenvalue weighted by Gasteiger charge is 2.37. The lowest BCUT2D eigenvalue weighted by atomic mass is 9.93. The second kappa shape index (κ2) is 7.13. The van der Waals surface area contributed by atoms with Crippen molar-refractivity contribution < 1.29 is 14.7 Å². The monoisotopic (exact) mass is 326 g/mol. The third kappa shape index (κ3) is 4.22. The Labute approximate surface area is 133 Å². The summed E-state index contributed by atoms with van der Waals surface area (Å²) in [4.78, 5) is 23.2. The van der Waals surface area contributed by atoms with Gasteiger partial charge in [0.2, 0.25) is 5.91 Å². The number of amides is 1. The minimum absolute atomic E-state index is 0.00835. The highest BCUT2D eigenvalue weighted by molar-refractivity contribution is 7.99. The molecule has 7 nitrogen and oxygen atoms in total. The lowest BCUT2D eigenvalue weighted by Gasteiger charge is -2.28. The summed E-state index contributed by atoms with van der Waals surface area (Å²) in [5, 5.41) is 20.6. The van der Waals surface area contributed by atoms with E-state index >= 15 is 0 Å². The normalized spacial score (nSPS) is 16.9. The molecule has 0 bridgehead atoms. The Hall–Kier alpha value is -1.57. The average Bonchev–Trinajstić information content (AvgIpc) is 3.04. The van der Waals surface area contributed by atoms with E-state index < -0.39 is 11.5 Å². The van der Waals surface area contributed by atoms with Crippen LogP contribution in [0.4, 0.5) is 0 Å². The van der Waals surface area contributed by atoms with Crippen LogP contribution in [0.3, 0.4) is 0 Å². The number of carbonyl (C=O) groups is 2. The van der Waals surface area contributed by atoms with Gasteiger partial charge in [-0.2, -0.15) is 0 Å². The minimum Gasteiger partial charge on any atom is -0.481 e. The summed E-state index contributed by atoms with van der Waals surface area (Å²) < 4.78 is 1.90. The topological polar surface area (TPSA) is 97.1 Å². The number of aliphatic carboxylic acids is 1. The van der Waals surface area contributed by atoms with E-state index in [2.05, 4.69) is 15.5 Å². The van der Waals surface area contributed by atoms with Crippen LogP contribution >= 0.6 is 11.8 Å². The molecule has 1 aromatic heterocycles. The number of hydrogen-bond acceptors (Lipinski definition) is 5. The van der Waals surface area contributed by atoms with Gasteiger partial charge in [0.1, 0.15) is 6.33 Å². The van der Waals surface area contributed by atoms with E-state index in [0.29, 0.717) is 5.16 Å². The molecule has 1 aromatic rings. The first-order valence-electron chi connectivity index (χ1n) is 7.47. The van der Waals surface area contributed by atoms with Crippen LogP contribution in [0, 0.1) is 0 Å². The van der Waals surface area contributed by atoms with Crippen LogP contribution in [0.25, 0.3) is 0 Å². The first kappa shape index (κ1) is 16.8. The lowest BCUT2D eigenvalue weighted by molar-refractivity contribution is -0.139. The molecule has 0 saturated heterocycles. The standard InChI is InChI=1S/C14H22N4O3S/c1-10(2)18-9-15-17-13(18)22-8-11(19)16-14(7-12(20)21)5-3-4-6-14/h9-10H,3-8H2,1-2H3,(H,16,19)(H,20,21). The van der Waals surface area contributed by atoms with Crippen LogP contribution in [0.15, 0.2) is 11.5 Å². The molecule has 22 heavy (non-hydrogen) atoms. The molecule has 0 aliphatic heterocycles. The van der Waals surface area contributed by atoms with Crippen molar-refractivity contribution in [2.24, 2.45) is 0 Å². The molecule has 0 unspecified atom stereocenters. The first-order valence-corrected chi connectivity index (χ1v) is 8.45. The van der Waals surface area contributed by atoms with Crippen molar-refractivity contribution in [1.29, 1.82) is 0 Å². The minimum atomic E-state index is -0.866. The van der Waals surface area contributed by atoms with E-state index in [9.17, 15) is 9.59 Å². The van der Waals surface area contributed by atoms with Crippen molar-refractivity contribution in [3.8, 4) is 0 Å². The van der Waals surface area contributed by atoms with Crippen LogP contribution < -0.4 is 5.32 Å². The van der Waals surface area contributed by atoms with E-state index in [1.807, 2.05) is 18.4 Å². The highest BCUT2D eigenvalue weighted by atomic mass is 32.2. The van der Waals surface area contributed by atoms with Gasteiger partial charge in [-0.1, -0.05) is 24.6 Å². The van der Waals surface area contributed by atoms with Gasteiger partial charge >= 0.3 is 5.97 Å². The molecule has 1 aliphatic carbocycles. The molecule has 8 heteroatoms. The zero-order valence-electron chi connectivity index (χ0n) is 12.9. The van der Waals surface area contributed by atoms with Gasteiger partial charge in [0, 0.05) is 6.04 Å². The smallest absolute Gasteiger partial charge is 0.305 e. The number of rotatable bonds is 7. The zero-order chi connectivity index (χ0) is 16.2. The molecule has 1 saturated carbocycles. The van der Waals surface area contributed by atoms with Gasteiger partial charge in [-0.3, -0.25) is 9.59 Å². The second-order valence-electron chi connectivity index (χ2n) is 6.01. The third-order valence-corrected chi connectivity index (χ3v) is 4.84. The molecule has 2 rings (SSSR count). The van der Waals surface area contributed by atoms with Crippen LogP contribution in [-0.4, -0.2) is 43.0 Å². The van der Waals surface area contributed by atoms with Gasteiger partial charge in [0.05, 0.1) is 17.7 Å². The maximum Gasteiger partial charge on any atom is 0.305 e. The molecule has 1 aliphatic rings. The van der Waals surface area contributed by atoms with Crippen molar-refractivity contribution in [1.82, 2.24) is 20.1 Å². The van der Waals surface area contributed by atoms with Gasteiger partial charge in [-0.25, -0.2) is 0 Å². The van der Waals surface area contributed by atoms with Crippen molar-refractivity contribution in [2.45, 2.75) is 62.7 Å². The molecular formula is C14H22N4O3S. The van der Waals surface area contributed by atoms with Gasteiger partial charge in [0.25, 0.3) is 0 Å². The molecule has 122 valence electrons. The van der Waals surface area contributed by atoms with Crippen LogP contribution in [-0.2, 0) is 9.59 Å². The fourth-order valence-corrected chi connectivity index (χ4v) is 3.68. The van der Waals surface area contributed by atoms with Crippen LogP contribution in [0.5, 0.6) is 0 Å². The number of thioether (sulfide) groups is 1. The predicted octanol–water partition coefficient (Wildman–Crippen LogP) is 1.85. The summed E-state index contributed by atoms with van der Waals surface area (Å²) in [6.07, 6.45) is 5.03. The van der Waals surface area contributed by atoms with E-state index in [1.165, 1.54) is 11.8 Å². The van der Waals surface area contributed by atoms with Crippen LogP contribution in [0.1, 0.15) is 52.0 Å². The summed E-state index contributed by atoms with van der Waals surface area (Å²) >= 11 is 1.32. The largest absolute Gasteiger partial charge is 0.481 e. The van der Waals surface area contributed by atoms with Gasteiger partial charge in [0.15, 0.2) is 5.16 Å². The molecule has 0 spiro atoms. The van der Waals surface area contributed by atoms with E-state index in [1.54, 1.807) is 6.33 Å². The summed E-state index contributed by atoms with van der Waals surface area (Å²) in [5.74, 6) is -0.798. The number of nitrogens with one attached hydrogen (secondary N) is 1. The van der Waals surface area contributed by atoms with E-state index in [-0.39, 0.29) is 24.1 Å². The fourth-order valence-electron chi connectivity index (χ4n) is 2.84. The Morgan fingerprint density at radius 1 is 1.45 bits per heavy atom. The third-order valence-electron chi connectivity index (χ3n) is 3.88. The van der Waals surface area contributed by atoms with Gasteiger partial charge in [-0.05, 0) is 26.7 Å². The number of nitrogens with zero attached hydrogens (tertiary/aromatic N) is 3. The summed E-state index contributed by atoms with van der Waals surface area (Å²) in [6, 6.07) is 0.230. The SMILES string of the molecule is CC(C)n1cnnc1SCC(=O)NC1(CC(=O)O)CCCC1.